The molecule has 0 bridgehead atoms. The maximum Gasteiger partial charge on any atom is 0.266 e. The van der Waals surface area contributed by atoms with Gasteiger partial charge in [0, 0.05) is 49.2 Å². The number of carbonyl (C=O) groups is 1. The lowest BCUT2D eigenvalue weighted by Gasteiger charge is -2.32. The molecule has 1 amide bonds. The number of nitrogens with zero attached hydrogens (tertiary/aromatic N) is 5. The van der Waals surface area contributed by atoms with E-state index in [2.05, 4.69) is 20.1 Å². The number of aromatic amines is 1. The van der Waals surface area contributed by atoms with Gasteiger partial charge in [0.2, 0.25) is 0 Å². The minimum absolute atomic E-state index is 0.0323. The molecule has 1 aliphatic rings. The van der Waals surface area contributed by atoms with Gasteiger partial charge in [-0.3, -0.25) is 14.6 Å². The molecule has 1 fully saturated rings. The molecule has 3 aromatic heterocycles. The van der Waals surface area contributed by atoms with Gasteiger partial charge in [-0.2, -0.15) is 5.10 Å². The van der Waals surface area contributed by atoms with E-state index in [0.717, 1.165) is 35.1 Å². The van der Waals surface area contributed by atoms with E-state index in [0.29, 0.717) is 31.1 Å². The topological polar surface area (TPSA) is 96.8 Å². The molecule has 8 heteroatoms. The van der Waals surface area contributed by atoms with Crippen LogP contribution in [0.3, 0.4) is 0 Å². The number of imidazole rings is 1. The molecule has 31 heavy (non-hydrogen) atoms. The summed E-state index contributed by atoms with van der Waals surface area (Å²) >= 11 is 0. The SMILES string of the molecule is O=C(c1ccc2nc[nH]c2c1)N1CCC(Cn2nc(-c3ccncc3)ccc2=O)CC1. The third-order valence-corrected chi connectivity index (χ3v) is 5.84. The van der Waals surface area contributed by atoms with Crippen molar-refractivity contribution in [2.45, 2.75) is 19.4 Å². The first-order chi connectivity index (χ1) is 15.2. The minimum atomic E-state index is -0.107. The first-order valence-corrected chi connectivity index (χ1v) is 10.4. The monoisotopic (exact) mass is 414 g/mol. The molecule has 0 atom stereocenters. The van der Waals surface area contributed by atoms with Crippen LogP contribution < -0.4 is 5.56 Å². The van der Waals surface area contributed by atoms with Crippen molar-refractivity contribution in [2.75, 3.05) is 13.1 Å². The molecular formula is C23H22N6O2. The van der Waals surface area contributed by atoms with Gasteiger partial charge >= 0.3 is 0 Å². The second-order valence-electron chi connectivity index (χ2n) is 7.84. The van der Waals surface area contributed by atoms with Crippen molar-refractivity contribution >= 4 is 16.9 Å². The normalized spacial score (nSPS) is 14.8. The summed E-state index contributed by atoms with van der Waals surface area (Å²) in [6.45, 7) is 1.90. The highest BCUT2D eigenvalue weighted by Crippen LogP contribution is 2.22. The highest BCUT2D eigenvalue weighted by molar-refractivity contribution is 5.97. The number of rotatable bonds is 4. The number of carbonyl (C=O) groups excluding carboxylic acids is 1. The summed E-state index contributed by atoms with van der Waals surface area (Å²) in [5, 5.41) is 4.55. The van der Waals surface area contributed by atoms with Crippen LogP contribution in [0.4, 0.5) is 0 Å². The summed E-state index contributed by atoms with van der Waals surface area (Å²) in [6.07, 6.45) is 6.73. The van der Waals surface area contributed by atoms with Gasteiger partial charge in [0.05, 0.1) is 23.1 Å². The summed E-state index contributed by atoms with van der Waals surface area (Å²) in [5.41, 5.74) is 3.95. The Morgan fingerprint density at radius 3 is 2.68 bits per heavy atom. The Hall–Kier alpha value is -3.81. The van der Waals surface area contributed by atoms with Gasteiger partial charge in [-0.15, -0.1) is 0 Å². The maximum absolute atomic E-state index is 12.9. The molecule has 0 aliphatic carbocycles. The molecule has 1 N–H and O–H groups in total. The van der Waals surface area contributed by atoms with E-state index in [4.69, 9.17) is 0 Å². The van der Waals surface area contributed by atoms with Crippen LogP contribution in [0, 0.1) is 5.92 Å². The van der Waals surface area contributed by atoms with Gasteiger partial charge in [0.15, 0.2) is 0 Å². The van der Waals surface area contributed by atoms with Crippen LogP contribution in [-0.4, -0.2) is 48.6 Å². The van der Waals surface area contributed by atoms with Gasteiger partial charge in [-0.05, 0) is 55.2 Å². The van der Waals surface area contributed by atoms with Gasteiger partial charge in [-0.1, -0.05) is 0 Å². The van der Waals surface area contributed by atoms with E-state index in [-0.39, 0.29) is 11.5 Å². The number of hydrogen-bond acceptors (Lipinski definition) is 5. The molecule has 5 rings (SSSR count). The van der Waals surface area contributed by atoms with E-state index in [1.165, 1.54) is 0 Å². The Morgan fingerprint density at radius 2 is 1.87 bits per heavy atom. The van der Waals surface area contributed by atoms with Gasteiger partial charge < -0.3 is 9.88 Å². The van der Waals surface area contributed by atoms with Crippen LogP contribution in [0.15, 0.2) is 66.0 Å². The van der Waals surface area contributed by atoms with Gasteiger partial charge in [-0.25, -0.2) is 9.67 Å². The molecule has 156 valence electrons. The third kappa shape index (κ3) is 3.96. The number of hydrogen-bond donors (Lipinski definition) is 1. The van der Waals surface area contributed by atoms with Crippen LogP contribution in [0.5, 0.6) is 0 Å². The van der Waals surface area contributed by atoms with Crippen LogP contribution in [0.1, 0.15) is 23.2 Å². The van der Waals surface area contributed by atoms with Crippen LogP contribution >= 0.6 is 0 Å². The van der Waals surface area contributed by atoms with Crippen molar-refractivity contribution in [3.8, 4) is 11.3 Å². The summed E-state index contributed by atoms with van der Waals surface area (Å²) < 4.78 is 1.55. The highest BCUT2D eigenvalue weighted by atomic mass is 16.2. The molecular weight excluding hydrogens is 392 g/mol. The van der Waals surface area contributed by atoms with Crippen LogP contribution in [0.25, 0.3) is 22.3 Å². The lowest BCUT2D eigenvalue weighted by atomic mass is 9.96. The molecule has 8 nitrogen and oxygen atoms in total. The fraction of sp³-hybridized carbons (Fsp3) is 0.261. The van der Waals surface area contributed by atoms with Crippen LogP contribution in [-0.2, 0) is 6.54 Å². The predicted molar refractivity (Wildman–Crippen MR) is 116 cm³/mol. The Morgan fingerprint density at radius 1 is 1.06 bits per heavy atom. The van der Waals surface area contributed by atoms with Crippen molar-refractivity contribution in [3.05, 3.63) is 77.1 Å². The predicted octanol–water partition coefficient (Wildman–Crippen LogP) is 2.73. The molecule has 0 radical (unpaired) electrons. The molecule has 0 spiro atoms. The summed E-state index contributed by atoms with van der Waals surface area (Å²) in [7, 11) is 0. The Balaban J connectivity index is 1.25. The molecule has 0 unspecified atom stereocenters. The summed E-state index contributed by atoms with van der Waals surface area (Å²) in [5.74, 6) is 0.335. The fourth-order valence-electron chi connectivity index (χ4n) is 4.07. The van der Waals surface area contributed by atoms with Crippen molar-refractivity contribution in [1.82, 2.24) is 29.6 Å². The van der Waals surface area contributed by atoms with E-state index in [9.17, 15) is 9.59 Å². The number of H-pyrrole nitrogens is 1. The zero-order valence-corrected chi connectivity index (χ0v) is 16.9. The number of fused-ring (bicyclic) bond motifs is 1. The zero-order valence-electron chi connectivity index (χ0n) is 16.9. The van der Waals surface area contributed by atoms with E-state index in [1.54, 1.807) is 35.5 Å². The smallest absolute Gasteiger partial charge is 0.266 e. The first-order valence-electron chi connectivity index (χ1n) is 10.4. The van der Waals surface area contributed by atoms with Crippen molar-refractivity contribution < 1.29 is 4.79 Å². The standard InChI is InChI=1S/C23H22N6O2/c30-22-4-3-19(17-5-9-24-10-6-17)27-29(22)14-16-7-11-28(12-8-16)23(31)18-1-2-20-21(13-18)26-15-25-20/h1-6,9-10,13,15-16H,7-8,11-12,14H2,(H,25,26). The van der Waals surface area contributed by atoms with Gasteiger partial charge in [0.25, 0.3) is 11.5 Å². The van der Waals surface area contributed by atoms with E-state index in [1.807, 2.05) is 35.2 Å². The average Bonchev–Trinajstić information content (AvgIpc) is 3.29. The second kappa shape index (κ2) is 8.14. The number of benzene rings is 1. The number of aromatic nitrogens is 5. The quantitative estimate of drug-likeness (QED) is 0.554. The molecule has 1 aliphatic heterocycles. The van der Waals surface area contributed by atoms with Crippen LogP contribution in [0.2, 0.25) is 0 Å². The number of pyridine rings is 1. The minimum Gasteiger partial charge on any atom is -0.345 e. The second-order valence-corrected chi connectivity index (χ2v) is 7.84. The van der Waals surface area contributed by atoms with Crippen molar-refractivity contribution in [2.24, 2.45) is 5.92 Å². The number of amides is 1. The number of likely N-dealkylation sites (tertiary alicyclic amines) is 1. The first kappa shape index (κ1) is 19.2. The Kier molecular flexibility index (Phi) is 5.03. The lowest BCUT2D eigenvalue weighted by molar-refractivity contribution is 0.0680. The largest absolute Gasteiger partial charge is 0.345 e. The zero-order chi connectivity index (χ0) is 21.2. The third-order valence-electron chi connectivity index (χ3n) is 5.84. The summed E-state index contributed by atoms with van der Waals surface area (Å²) in [6, 6.07) is 12.6. The van der Waals surface area contributed by atoms with Gasteiger partial charge in [0.1, 0.15) is 0 Å². The van der Waals surface area contributed by atoms with Crippen molar-refractivity contribution in [3.63, 3.8) is 0 Å². The molecule has 4 aromatic rings. The van der Waals surface area contributed by atoms with E-state index >= 15 is 0 Å². The summed E-state index contributed by atoms with van der Waals surface area (Å²) in [4.78, 5) is 38.4. The van der Waals surface area contributed by atoms with Crippen molar-refractivity contribution in [1.29, 1.82) is 0 Å². The highest BCUT2D eigenvalue weighted by Gasteiger charge is 2.24. The fourth-order valence-corrected chi connectivity index (χ4v) is 4.07. The Bertz CT molecular complexity index is 1270. The molecule has 4 heterocycles. The maximum atomic E-state index is 12.9. The van der Waals surface area contributed by atoms with E-state index < -0.39 is 0 Å². The number of nitrogens with one attached hydrogen (secondary N) is 1. The Labute approximate surface area is 178 Å². The molecule has 1 aromatic carbocycles. The average molecular weight is 414 g/mol. The lowest BCUT2D eigenvalue weighted by Crippen LogP contribution is -2.40. The number of piperidine rings is 1. The molecule has 1 saturated heterocycles. The molecule has 0 saturated carbocycles.